The Hall–Kier alpha value is -1.83. The van der Waals surface area contributed by atoms with Crippen molar-refractivity contribution in [1.29, 1.82) is 0 Å². The average molecular weight is 337 g/mol. The summed E-state index contributed by atoms with van der Waals surface area (Å²) in [6.07, 6.45) is 0. The fraction of sp³-hybridized carbons (Fsp3) is 0.143. The molecule has 0 saturated heterocycles. The van der Waals surface area contributed by atoms with Crippen LogP contribution in [0.2, 0.25) is 0 Å². The van der Waals surface area contributed by atoms with E-state index in [1.165, 1.54) is 32.3 Å². The third-order valence-corrected chi connectivity index (χ3v) is 9.55. The van der Waals surface area contributed by atoms with Gasteiger partial charge in [-0.2, -0.15) is 0 Å². The fourth-order valence-electron chi connectivity index (χ4n) is 3.12. The highest BCUT2D eigenvalue weighted by molar-refractivity contribution is 7.40. The second kappa shape index (κ2) is 6.35. The van der Waals surface area contributed by atoms with Crippen LogP contribution in [-0.4, -0.2) is 7.38 Å². The molecule has 3 rings (SSSR count). The van der Waals surface area contributed by atoms with Gasteiger partial charge in [-0.1, -0.05) is 89.5 Å². The maximum Gasteiger partial charge on any atom is 0.247 e. The molecule has 3 aromatic rings. The molecule has 0 N–H and O–H groups in total. The van der Waals surface area contributed by atoms with Crippen molar-refractivity contribution in [3.05, 3.63) is 89.5 Å². The number of benzene rings is 3. The molecule has 1 atom stereocenters. The topological polar surface area (TPSA) is 0 Å². The molecule has 0 aliphatic carbocycles. The van der Waals surface area contributed by atoms with E-state index in [4.69, 9.17) is 11.1 Å². The summed E-state index contributed by atoms with van der Waals surface area (Å²) in [5, 5.41) is 3.73. The van der Waals surface area contributed by atoms with E-state index < -0.39 is 7.38 Å². The molecule has 0 spiro atoms. The first kappa shape index (κ1) is 16.0. The quantitative estimate of drug-likeness (QED) is 0.387. The Labute approximate surface area is 144 Å². The maximum absolute atomic E-state index is 7.45. The summed E-state index contributed by atoms with van der Waals surface area (Å²) in [7, 11) is -2.49. The predicted molar refractivity (Wildman–Crippen MR) is 104 cm³/mol. The largest absolute Gasteiger partial charge is 0.247 e. The van der Waals surface area contributed by atoms with E-state index in [0.29, 0.717) is 0 Å². The van der Waals surface area contributed by atoms with Crippen LogP contribution in [0.1, 0.15) is 16.7 Å². The van der Waals surface area contributed by atoms with Gasteiger partial charge in [-0.05, 0) is 36.3 Å². The number of rotatable bonds is 3. The van der Waals surface area contributed by atoms with Gasteiger partial charge in [0, 0.05) is 0 Å². The highest BCUT2D eigenvalue weighted by Crippen LogP contribution is 2.14. The Morgan fingerprint density at radius 3 is 1.65 bits per heavy atom. The lowest BCUT2D eigenvalue weighted by Crippen LogP contribution is -2.63. The van der Waals surface area contributed by atoms with E-state index in [1.807, 2.05) is 6.07 Å². The molecule has 0 bridgehead atoms. The number of hydrogen-bond acceptors (Lipinski definition) is 0. The van der Waals surface area contributed by atoms with E-state index >= 15 is 0 Å². The number of halogens is 1. The molecule has 0 saturated carbocycles. The van der Waals surface area contributed by atoms with Crippen LogP contribution in [0.15, 0.2) is 72.8 Å². The summed E-state index contributed by atoms with van der Waals surface area (Å²) < 4.78 is 0. The molecule has 23 heavy (non-hydrogen) atoms. The first-order chi connectivity index (χ1) is 11.0. The van der Waals surface area contributed by atoms with Crippen LogP contribution in [-0.2, 0) is 0 Å². The van der Waals surface area contributed by atoms with Crippen molar-refractivity contribution in [3.8, 4) is 0 Å². The first-order valence-corrected chi connectivity index (χ1v) is 10.9. The smallest absolute Gasteiger partial charge is 0.149 e. The SMILES string of the molecule is Cc1ccc([Si](Cl)(c2ccccc2)c2cc(C)cc(C)c2)cc1. The normalized spacial score (nSPS) is 13.6. The highest BCUT2D eigenvalue weighted by Gasteiger charge is 2.37. The van der Waals surface area contributed by atoms with Gasteiger partial charge >= 0.3 is 0 Å². The fourth-order valence-corrected chi connectivity index (χ4v) is 7.34. The minimum atomic E-state index is -2.49. The second-order valence-corrected chi connectivity index (χ2v) is 11.0. The Kier molecular flexibility index (Phi) is 4.43. The van der Waals surface area contributed by atoms with Gasteiger partial charge in [0.05, 0.1) is 0 Å². The van der Waals surface area contributed by atoms with Crippen LogP contribution in [0, 0.1) is 20.8 Å². The van der Waals surface area contributed by atoms with Crippen LogP contribution in [0.3, 0.4) is 0 Å². The van der Waals surface area contributed by atoms with Crippen molar-refractivity contribution in [3.63, 3.8) is 0 Å². The molecule has 0 amide bonds. The molecule has 0 aromatic heterocycles. The molecule has 0 radical (unpaired) electrons. The van der Waals surface area contributed by atoms with Gasteiger partial charge in [0.1, 0.15) is 0 Å². The third kappa shape index (κ3) is 3.12. The molecular formula is C21H21ClSi. The minimum absolute atomic E-state index is 1.23. The maximum atomic E-state index is 7.45. The molecule has 1 unspecified atom stereocenters. The molecule has 0 heterocycles. The van der Waals surface area contributed by atoms with Gasteiger partial charge in [0.2, 0.25) is 7.38 Å². The lowest BCUT2D eigenvalue weighted by atomic mass is 10.2. The van der Waals surface area contributed by atoms with Crippen LogP contribution < -0.4 is 15.6 Å². The standard InChI is InChI=1S/C21H21ClSi/c1-16-9-11-20(12-10-16)23(22,19-7-5-4-6-8-19)21-14-17(2)13-18(3)15-21/h4-15H,1-3H3. The van der Waals surface area contributed by atoms with Crippen LogP contribution in [0.5, 0.6) is 0 Å². The predicted octanol–water partition coefficient (Wildman–Crippen LogP) is 3.82. The van der Waals surface area contributed by atoms with E-state index in [9.17, 15) is 0 Å². The zero-order valence-corrected chi connectivity index (χ0v) is 15.6. The monoisotopic (exact) mass is 336 g/mol. The molecule has 2 heteroatoms. The minimum Gasteiger partial charge on any atom is -0.149 e. The Morgan fingerprint density at radius 2 is 1.09 bits per heavy atom. The average Bonchev–Trinajstić information content (AvgIpc) is 2.54. The summed E-state index contributed by atoms with van der Waals surface area (Å²) in [6, 6.07) is 25.9. The third-order valence-electron chi connectivity index (χ3n) is 4.24. The molecule has 3 aromatic carbocycles. The van der Waals surface area contributed by atoms with Crippen LogP contribution >= 0.6 is 11.1 Å². The van der Waals surface area contributed by atoms with E-state index in [-0.39, 0.29) is 0 Å². The van der Waals surface area contributed by atoms with Gasteiger partial charge in [-0.3, -0.25) is 0 Å². The van der Waals surface area contributed by atoms with Gasteiger partial charge in [0.25, 0.3) is 0 Å². The first-order valence-electron chi connectivity index (χ1n) is 7.90. The highest BCUT2D eigenvalue weighted by atomic mass is 35.6. The van der Waals surface area contributed by atoms with Gasteiger partial charge < -0.3 is 0 Å². The van der Waals surface area contributed by atoms with E-state index in [2.05, 4.69) is 87.5 Å². The van der Waals surface area contributed by atoms with E-state index in [0.717, 1.165) is 0 Å². The van der Waals surface area contributed by atoms with Crippen molar-refractivity contribution >= 4 is 34.0 Å². The summed E-state index contributed by atoms with van der Waals surface area (Å²) in [4.78, 5) is 0. The lowest BCUT2D eigenvalue weighted by molar-refractivity contribution is 1.40. The van der Waals surface area contributed by atoms with E-state index in [1.54, 1.807) is 0 Å². The summed E-state index contributed by atoms with van der Waals surface area (Å²) >= 11 is 7.45. The summed E-state index contributed by atoms with van der Waals surface area (Å²) in [6.45, 7) is 6.39. The summed E-state index contributed by atoms with van der Waals surface area (Å²) in [5.74, 6) is 0. The number of hydrogen-bond donors (Lipinski definition) is 0. The van der Waals surface area contributed by atoms with Crippen LogP contribution in [0.4, 0.5) is 0 Å². The molecule has 0 aliphatic rings. The molecular weight excluding hydrogens is 316 g/mol. The molecule has 0 aliphatic heterocycles. The summed E-state index contributed by atoms with van der Waals surface area (Å²) in [5.41, 5.74) is 3.79. The zero-order chi connectivity index (χ0) is 16.4. The Morgan fingerprint density at radius 1 is 0.565 bits per heavy atom. The van der Waals surface area contributed by atoms with Crippen molar-refractivity contribution in [2.45, 2.75) is 20.8 Å². The lowest BCUT2D eigenvalue weighted by Gasteiger charge is -2.27. The van der Waals surface area contributed by atoms with Crippen molar-refractivity contribution in [1.82, 2.24) is 0 Å². The second-order valence-electron chi connectivity index (χ2n) is 6.27. The molecule has 0 nitrogen and oxygen atoms in total. The van der Waals surface area contributed by atoms with Crippen molar-refractivity contribution < 1.29 is 0 Å². The molecule has 116 valence electrons. The van der Waals surface area contributed by atoms with Gasteiger partial charge in [0.15, 0.2) is 0 Å². The zero-order valence-electron chi connectivity index (χ0n) is 13.8. The Balaban J connectivity index is 2.27. The molecule has 0 fully saturated rings. The van der Waals surface area contributed by atoms with Gasteiger partial charge in [-0.15, -0.1) is 11.1 Å². The van der Waals surface area contributed by atoms with Crippen LogP contribution in [0.25, 0.3) is 0 Å². The number of aryl methyl sites for hydroxylation is 3. The van der Waals surface area contributed by atoms with Crippen molar-refractivity contribution in [2.75, 3.05) is 0 Å². The van der Waals surface area contributed by atoms with Crippen molar-refractivity contribution in [2.24, 2.45) is 0 Å². The Bertz CT molecular complexity index is 789. The van der Waals surface area contributed by atoms with Gasteiger partial charge in [-0.25, -0.2) is 0 Å².